The van der Waals surface area contributed by atoms with E-state index in [4.69, 9.17) is 9.72 Å². The fraction of sp³-hybridized carbons (Fsp3) is 0.261. The van der Waals surface area contributed by atoms with Crippen molar-refractivity contribution in [1.29, 1.82) is 0 Å². The van der Waals surface area contributed by atoms with E-state index >= 15 is 0 Å². The highest BCUT2D eigenvalue weighted by molar-refractivity contribution is 6.10. The SMILES string of the molecule is CNc1nc(Cc2ccc(OC)c(F)c2)c2[nH]c3ccccc3c2c1CCCO. The van der Waals surface area contributed by atoms with Crippen LogP contribution in [0.4, 0.5) is 10.2 Å². The highest BCUT2D eigenvalue weighted by Gasteiger charge is 2.18. The first-order valence-corrected chi connectivity index (χ1v) is 9.69. The van der Waals surface area contributed by atoms with Crippen molar-refractivity contribution in [2.45, 2.75) is 19.3 Å². The molecule has 0 bridgehead atoms. The summed E-state index contributed by atoms with van der Waals surface area (Å²) in [6.45, 7) is 0.125. The van der Waals surface area contributed by atoms with Crippen LogP contribution in [-0.2, 0) is 12.8 Å². The molecule has 3 N–H and O–H groups in total. The van der Waals surface area contributed by atoms with Gasteiger partial charge >= 0.3 is 0 Å². The number of methoxy groups -OCH3 is 1. The second-order valence-electron chi connectivity index (χ2n) is 7.03. The smallest absolute Gasteiger partial charge is 0.165 e. The number of halogens is 1. The number of pyridine rings is 1. The Morgan fingerprint density at radius 1 is 1.21 bits per heavy atom. The maximum atomic E-state index is 14.2. The topological polar surface area (TPSA) is 70.2 Å². The van der Waals surface area contributed by atoms with E-state index in [1.165, 1.54) is 13.2 Å². The number of nitrogens with zero attached hydrogens (tertiary/aromatic N) is 1. The number of rotatable bonds is 7. The molecule has 4 rings (SSSR count). The number of hydrogen-bond acceptors (Lipinski definition) is 4. The van der Waals surface area contributed by atoms with Gasteiger partial charge in [0.15, 0.2) is 11.6 Å². The number of fused-ring (bicyclic) bond motifs is 3. The van der Waals surface area contributed by atoms with E-state index in [0.717, 1.165) is 50.9 Å². The number of aryl methyl sites for hydroxylation is 1. The third-order valence-electron chi connectivity index (χ3n) is 5.24. The molecular formula is C23H24FN3O2. The lowest BCUT2D eigenvalue weighted by Crippen LogP contribution is -2.05. The fourth-order valence-electron chi connectivity index (χ4n) is 3.90. The van der Waals surface area contributed by atoms with Crippen molar-refractivity contribution in [3.8, 4) is 5.75 Å². The molecule has 0 aliphatic rings. The Morgan fingerprint density at radius 3 is 2.76 bits per heavy atom. The van der Waals surface area contributed by atoms with Crippen molar-refractivity contribution in [1.82, 2.24) is 9.97 Å². The minimum absolute atomic E-state index is 0.125. The number of aliphatic hydroxyl groups is 1. The van der Waals surface area contributed by atoms with E-state index in [9.17, 15) is 9.50 Å². The molecule has 0 unspecified atom stereocenters. The van der Waals surface area contributed by atoms with Gasteiger partial charge in [0.2, 0.25) is 0 Å². The molecule has 0 amide bonds. The highest BCUT2D eigenvalue weighted by Crippen LogP contribution is 2.35. The van der Waals surface area contributed by atoms with Gasteiger partial charge in [0.05, 0.1) is 18.3 Å². The number of aliphatic hydroxyl groups excluding tert-OH is 1. The molecule has 0 fully saturated rings. The Balaban J connectivity index is 1.91. The van der Waals surface area contributed by atoms with Crippen LogP contribution < -0.4 is 10.1 Å². The van der Waals surface area contributed by atoms with Gasteiger partial charge < -0.3 is 20.1 Å². The summed E-state index contributed by atoms with van der Waals surface area (Å²) >= 11 is 0. The van der Waals surface area contributed by atoms with Crippen molar-refractivity contribution < 1.29 is 14.2 Å². The van der Waals surface area contributed by atoms with E-state index in [1.807, 2.05) is 31.3 Å². The highest BCUT2D eigenvalue weighted by atomic mass is 19.1. The summed E-state index contributed by atoms with van der Waals surface area (Å²) in [5.41, 5.74) is 4.73. The molecule has 2 aromatic heterocycles. The van der Waals surface area contributed by atoms with Crippen LogP contribution in [0.2, 0.25) is 0 Å². The standard InChI is InChI=1S/C23H24FN3O2/c1-25-23-16(7-5-11-28)21-15-6-3-4-8-18(15)26-22(21)19(27-23)13-14-9-10-20(29-2)17(24)12-14/h3-4,6,8-10,12,26,28H,5,7,11,13H2,1-2H3,(H,25,27). The molecule has 0 spiro atoms. The third-order valence-corrected chi connectivity index (χ3v) is 5.24. The first-order valence-electron chi connectivity index (χ1n) is 9.69. The lowest BCUT2D eigenvalue weighted by atomic mass is 10.00. The molecule has 0 saturated heterocycles. The van der Waals surface area contributed by atoms with E-state index in [0.29, 0.717) is 12.8 Å². The van der Waals surface area contributed by atoms with Crippen LogP contribution in [0.25, 0.3) is 21.8 Å². The Labute approximate surface area is 168 Å². The summed E-state index contributed by atoms with van der Waals surface area (Å²) < 4.78 is 19.2. The molecule has 6 heteroatoms. The summed E-state index contributed by atoms with van der Waals surface area (Å²) in [5, 5.41) is 14.8. The van der Waals surface area contributed by atoms with Gasteiger partial charge in [-0.15, -0.1) is 0 Å². The number of aromatic amines is 1. The largest absolute Gasteiger partial charge is 0.494 e. The zero-order valence-corrected chi connectivity index (χ0v) is 16.6. The van der Waals surface area contributed by atoms with Gasteiger partial charge in [0.25, 0.3) is 0 Å². The number of nitrogens with one attached hydrogen (secondary N) is 2. The average molecular weight is 393 g/mol. The van der Waals surface area contributed by atoms with Crippen molar-refractivity contribution >= 4 is 27.6 Å². The maximum Gasteiger partial charge on any atom is 0.165 e. The monoisotopic (exact) mass is 393 g/mol. The molecule has 0 saturated carbocycles. The quantitative estimate of drug-likeness (QED) is 0.435. The summed E-state index contributed by atoms with van der Waals surface area (Å²) in [4.78, 5) is 8.36. The number of aromatic nitrogens is 2. The van der Waals surface area contributed by atoms with Crippen LogP contribution in [0.5, 0.6) is 5.75 Å². The molecule has 0 radical (unpaired) electrons. The second kappa shape index (κ2) is 8.09. The van der Waals surface area contributed by atoms with E-state index in [1.54, 1.807) is 6.07 Å². The van der Waals surface area contributed by atoms with Gasteiger partial charge in [0.1, 0.15) is 5.82 Å². The first-order chi connectivity index (χ1) is 14.2. The van der Waals surface area contributed by atoms with Crippen LogP contribution in [0.1, 0.15) is 23.2 Å². The molecule has 2 aromatic carbocycles. The molecule has 150 valence electrons. The summed E-state index contributed by atoms with van der Waals surface area (Å²) in [6.07, 6.45) is 1.86. The number of anilines is 1. The minimum atomic E-state index is -0.383. The minimum Gasteiger partial charge on any atom is -0.494 e. The summed E-state index contributed by atoms with van der Waals surface area (Å²) in [6, 6.07) is 13.1. The zero-order valence-electron chi connectivity index (χ0n) is 16.6. The van der Waals surface area contributed by atoms with Crippen LogP contribution in [0, 0.1) is 5.82 Å². The lowest BCUT2D eigenvalue weighted by molar-refractivity contribution is 0.289. The molecule has 0 atom stereocenters. The van der Waals surface area contributed by atoms with Crippen LogP contribution in [0.15, 0.2) is 42.5 Å². The van der Waals surface area contributed by atoms with Crippen molar-refractivity contribution in [2.24, 2.45) is 0 Å². The molecule has 0 aliphatic heterocycles. The molecule has 4 aromatic rings. The van der Waals surface area contributed by atoms with Crippen molar-refractivity contribution in [3.63, 3.8) is 0 Å². The fourth-order valence-corrected chi connectivity index (χ4v) is 3.90. The first kappa shape index (κ1) is 19.2. The van der Waals surface area contributed by atoms with E-state index in [2.05, 4.69) is 16.4 Å². The third kappa shape index (κ3) is 3.51. The Hall–Kier alpha value is -3.12. The van der Waals surface area contributed by atoms with Crippen LogP contribution >= 0.6 is 0 Å². The van der Waals surface area contributed by atoms with Gasteiger partial charge in [-0.05, 0) is 36.6 Å². The van der Waals surface area contributed by atoms with Gasteiger partial charge in [-0.3, -0.25) is 0 Å². The van der Waals surface area contributed by atoms with Gasteiger partial charge in [-0.1, -0.05) is 24.3 Å². The zero-order chi connectivity index (χ0) is 20.4. The van der Waals surface area contributed by atoms with Crippen LogP contribution in [0.3, 0.4) is 0 Å². The number of para-hydroxylation sites is 1. The number of hydrogen-bond donors (Lipinski definition) is 3. The van der Waals surface area contributed by atoms with Crippen molar-refractivity contribution in [3.05, 3.63) is 65.1 Å². The van der Waals surface area contributed by atoms with Gasteiger partial charge in [-0.2, -0.15) is 0 Å². The van der Waals surface area contributed by atoms with E-state index < -0.39 is 0 Å². The van der Waals surface area contributed by atoms with Gasteiger partial charge in [0, 0.05) is 41.9 Å². The van der Waals surface area contributed by atoms with Gasteiger partial charge in [-0.25, -0.2) is 9.37 Å². The molecule has 2 heterocycles. The average Bonchev–Trinajstić information content (AvgIpc) is 3.13. The van der Waals surface area contributed by atoms with E-state index in [-0.39, 0.29) is 18.2 Å². The second-order valence-corrected chi connectivity index (χ2v) is 7.03. The molecule has 5 nitrogen and oxygen atoms in total. The molecular weight excluding hydrogens is 369 g/mol. The summed E-state index contributed by atoms with van der Waals surface area (Å²) in [7, 11) is 3.31. The van der Waals surface area contributed by atoms with Crippen molar-refractivity contribution in [2.75, 3.05) is 26.1 Å². The summed E-state index contributed by atoms with van der Waals surface area (Å²) in [5.74, 6) is 0.638. The lowest BCUT2D eigenvalue weighted by Gasteiger charge is -2.14. The molecule has 0 aliphatic carbocycles. The number of ether oxygens (including phenoxy) is 1. The predicted molar refractivity (Wildman–Crippen MR) is 114 cm³/mol. The predicted octanol–water partition coefficient (Wildman–Crippen LogP) is 4.42. The number of H-pyrrole nitrogens is 1. The maximum absolute atomic E-state index is 14.2. The molecule has 29 heavy (non-hydrogen) atoms. The Bertz CT molecular complexity index is 1170. The normalized spacial score (nSPS) is 11.3. The number of benzene rings is 2. The van der Waals surface area contributed by atoms with Crippen LogP contribution in [-0.4, -0.2) is 35.8 Å². The Kier molecular flexibility index (Phi) is 5.36. The Morgan fingerprint density at radius 2 is 2.03 bits per heavy atom.